The maximum Gasteiger partial charge on any atom is -0.0134 e. The van der Waals surface area contributed by atoms with E-state index in [1.807, 2.05) is 0 Å². The minimum atomic E-state index is 1.05. The standard InChI is InChI=1S/C7H10/c1-2-5-3-6-4-7(5)6/h3,6-7H,2,4H2,1H3. The third-order valence-corrected chi connectivity index (χ3v) is 2.15. The molecule has 0 N–H and O–H groups in total. The van der Waals surface area contributed by atoms with Gasteiger partial charge in [0.2, 0.25) is 0 Å². The molecule has 0 bridgehead atoms. The van der Waals surface area contributed by atoms with Gasteiger partial charge in [-0.15, -0.1) is 0 Å². The van der Waals surface area contributed by atoms with Crippen LogP contribution < -0.4 is 0 Å². The summed E-state index contributed by atoms with van der Waals surface area (Å²) in [6, 6.07) is 0. The highest BCUT2D eigenvalue weighted by Crippen LogP contribution is 2.55. The average Bonchev–Trinajstić information content (AvgIpc) is 2.18. The van der Waals surface area contributed by atoms with Gasteiger partial charge in [-0.1, -0.05) is 18.6 Å². The fourth-order valence-corrected chi connectivity index (χ4v) is 1.49. The summed E-state index contributed by atoms with van der Waals surface area (Å²) in [6.45, 7) is 2.25. The lowest BCUT2D eigenvalue weighted by Gasteiger charge is -2.09. The second-order valence-corrected chi connectivity index (χ2v) is 2.60. The molecule has 2 rings (SSSR count). The molecule has 0 saturated heterocycles. The molecule has 0 aromatic heterocycles. The molecule has 0 heterocycles. The highest BCUT2D eigenvalue weighted by molar-refractivity contribution is 5.31. The minimum Gasteiger partial charge on any atom is -0.0813 e. The Morgan fingerprint density at radius 1 is 1.86 bits per heavy atom. The highest BCUT2D eigenvalue weighted by Gasteiger charge is 2.44. The molecule has 7 heavy (non-hydrogen) atoms. The predicted molar refractivity (Wildman–Crippen MR) is 30.0 cm³/mol. The smallest absolute Gasteiger partial charge is 0.0134 e. The molecule has 2 aliphatic carbocycles. The van der Waals surface area contributed by atoms with E-state index in [1.165, 1.54) is 12.8 Å². The first-order chi connectivity index (χ1) is 3.42. The fourth-order valence-electron chi connectivity index (χ4n) is 1.49. The zero-order valence-corrected chi connectivity index (χ0v) is 4.65. The first-order valence-corrected chi connectivity index (χ1v) is 3.12. The van der Waals surface area contributed by atoms with E-state index in [1.54, 1.807) is 5.57 Å². The maximum atomic E-state index is 2.44. The van der Waals surface area contributed by atoms with Gasteiger partial charge >= 0.3 is 0 Å². The van der Waals surface area contributed by atoms with Crippen molar-refractivity contribution in [3.63, 3.8) is 0 Å². The summed E-state index contributed by atoms with van der Waals surface area (Å²) in [6.07, 6.45) is 5.23. The van der Waals surface area contributed by atoms with E-state index >= 15 is 0 Å². The summed E-state index contributed by atoms with van der Waals surface area (Å²) >= 11 is 0. The molecule has 1 fully saturated rings. The summed E-state index contributed by atoms with van der Waals surface area (Å²) in [7, 11) is 0. The monoisotopic (exact) mass is 94.1 g/mol. The molecule has 0 heteroatoms. The quantitative estimate of drug-likeness (QED) is 0.436. The molecule has 38 valence electrons. The summed E-state index contributed by atoms with van der Waals surface area (Å²) in [5.74, 6) is 2.12. The summed E-state index contributed by atoms with van der Waals surface area (Å²) in [5, 5.41) is 0. The van der Waals surface area contributed by atoms with E-state index in [9.17, 15) is 0 Å². The number of hydrogen-bond donors (Lipinski definition) is 0. The molecule has 0 spiro atoms. The minimum absolute atomic E-state index is 1.05. The van der Waals surface area contributed by atoms with Crippen LogP contribution in [0, 0.1) is 11.8 Å². The van der Waals surface area contributed by atoms with Crippen LogP contribution in [0.5, 0.6) is 0 Å². The molecule has 0 nitrogen and oxygen atoms in total. The lowest BCUT2D eigenvalue weighted by Crippen LogP contribution is -1.95. The fraction of sp³-hybridized carbons (Fsp3) is 0.714. The zero-order valence-electron chi connectivity index (χ0n) is 4.65. The third-order valence-electron chi connectivity index (χ3n) is 2.15. The molecule has 0 aromatic rings. The normalized spacial score (nSPS) is 43.9. The number of allylic oxidation sites excluding steroid dienone is 2. The Balaban J connectivity index is 2.11. The van der Waals surface area contributed by atoms with Gasteiger partial charge in [0.05, 0.1) is 0 Å². The van der Waals surface area contributed by atoms with Crippen molar-refractivity contribution in [1.82, 2.24) is 0 Å². The van der Waals surface area contributed by atoms with Crippen molar-refractivity contribution in [2.75, 3.05) is 0 Å². The van der Waals surface area contributed by atoms with E-state index in [-0.39, 0.29) is 0 Å². The second-order valence-electron chi connectivity index (χ2n) is 2.60. The summed E-state index contributed by atoms with van der Waals surface area (Å²) in [4.78, 5) is 0. The van der Waals surface area contributed by atoms with Gasteiger partial charge in [-0.05, 0) is 24.7 Å². The molecule has 0 aliphatic heterocycles. The van der Waals surface area contributed by atoms with Gasteiger partial charge in [0.1, 0.15) is 0 Å². The molecule has 0 radical (unpaired) electrons. The molecule has 0 amide bonds. The molecule has 0 aromatic carbocycles. The van der Waals surface area contributed by atoms with Crippen LogP contribution in [-0.2, 0) is 0 Å². The molecule has 2 atom stereocenters. The first kappa shape index (κ1) is 3.71. The van der Waals surface area contributed by atoms with Crippen molar-refractivity contribution in [2.24, 2.45) is 11.8 Å². The van der Waals surface area contributed by atoms with Crippen LogP contribution in [-0.4, -0.2) is 0 Å². The Kier molecular flexibility index (Phi) is 0.495. The van der Waals surface area contributed by atoms with Crippen LogP contribution in [0.25, 0.3) is 0 Å². The van der Waals surface area contributed by atoms with Crippen LogP contribution in [0.2, 0.25) is 0 Å². The maximum absolute atomic E-state index is 2.44. The van der Waals surface area contributed by atoms with Crippen LogP contribution in [0.1, 0.15) is 19.8 Å². The van der Waals surface area contributed by atoms with E-state index in [4.69, 9.17) is 0 Å². The van der Waals surface area contributed by atoms with Gasteiger partial charge in [-0.25, -0.2) is 0 Å². The van der Waals surface area contributed by atoms with Crippen LogP contribution in [0.3, 0.4) is 0 Å². The number of rotatable bonds is 1. The molecule has 2 aliphatic rings. The van der Waals surface area contributed by atoms with Crippen LogP contribution in [0.4, 0.5) is 0 Å². The summed E-state index contributed by atoms with van der Waals surface area (Å²) < 4.78 is 0. The Morgan fingerprint density at radius 3 is 2.86 bits per heavy atom. The van der Waals surface area contributed by atoms with Crippen molar-refractivity contribution in [3.8, 4) is 0 Å². The SMILES string of the molecule is CCC1=CC2CC12. The van der Waals surface area contributed by atoms with Gasteiger partial charge in [-0.2, -0.15) is 0 Å². The van der Waals surface area contributed by atoms with Crippen molar-refractivity contribution in [3.05, 3.63) is 11.6 Å². The highest BCUT2D eigenvalue weighted by atomic mass is 14.5. The lowest BCUT2D eigenvalue weighted by atomic mass is 9.97. The topological polar surface area (TPSA) is 0 Å². The predicted octanol–water partition coefficient (Wildman–Crippen LogP) is 1.97. The van der Waals surface area contributed by atoms with Crippen molar-refractivity contribution < 1.29 is 0 Å². The van der Waals surface area contributed by atoms with Crippen molar-refractivity contribution in [2.45, 2.75) is 19.8 Å². The van der Waals surface area contributed by atoms with Gasteiger partial charge in [0, 0.05) is 0 Å². The van der Waals surface area contributed by atoms with E-state index < -0.39 is 0 Å². The molecular formula is C7H10. The Morgan fingerprint density at radius 2 is 2.71 bits per heavy atom. The third kappa shape index (κ3) is 0.324. The van der Waals surface area contributed by atoms with E-state index in [0.29, 0.717) is 0 Å². The number of hydrogen-bond acceptors (Lipinski definition) is 0. The van der Waals surface area contributed by atoms with Gasteiger partial charge in [0.15, 0.2) is 0 Å². The number of fused-ring (bicyclic) bond motifs is 1. The van der Waals surface area contributed by atoms with Crippen LogP contribution >= 0.6 is 0 Å². The Labute approximate surface area is 44.2 Å². The lowest BCUT2D eigenvalue weighted by molar-refractivity contribution is 0.775. The first-order valence-electron chi connectivity index (χ1n) is 3.12. The van der Waals surface area contributed by atoms with E-state index in [2.05, 4.69) is 13.0 Å². The average molecular weight is 94.2 g/mol. The van der Waals surface area contributed by atoms with Crippen molar-refractivity contribution in [1.29, 1.82) is 0 Å². The molecular weight excluding hydrogens is 84.1 g/mol. The Bertz CT molecular complexity index is 122. The Hall–Kier alpha value is -0.260. The largest absolute Gasteiger partial charge is 0.0813 e. The molecule has 2 unspecified atom stereocenters. The molecule has 1 saturated carbocycles. The van der Waals surface area contributed by atoms with Gasteiger partial charge in [-0.3, -0.25) is 0 Å². The van der Waals surface area contributed by atoms with Gasteiger partial charge < -0.3 is 0 Å². The van der Waals surface area contributed by atoms with Crippen molar-refractivity contribution >= 4 is 0 Å². The van der Waals surface area contributed by atoms with Gasteiger partial charge in [0.25, 0.3) is 0 Å². The van der Waals surface area contributed by atoms with E-state index in [0.717, 1.165) is 11.8 Å². The van der Waals surface area contributed by atoms with Crippen LogP contribution in [0.15, 0.2) is 11.6 Å². The zero-order chi connectivity index (χ0) is 4.85. The second kappa shape index (κ2) is 0.936. The summed E-state index contributed by atoms with van der Waals surface area (Å²) in [5.41, 5.74) is 1.73.